The molecule has 0 spiro atoms. The van der Waals surface area contributed by atoms with E-state index in [2.05, 4.69) is 31.9 Å². The van der Waals surface area contributed by atoms with E-state index in [1.165, 1.54) is 6.07 Å². The van der Waals surface area contributed by atoms with Gasteiger partial charge in [0.25, 0.3) is 0 Å². The fourth-order valence-corrected chi connectivity index (χ4v) is 4.42. The minimum atomic E-state index is -3.74. The zero-order valence-electron chi connectivity index (χ0n) is 10.4. The first kappa shape index (κ1) is 17.1. The molecule has 0 saturated heterocycles. The zero-order valence-corrected chi connectivity index (χ0v) is 14.4. The summed E-state index contributed by atoms with van der Waals surface area (Å²) >= 11 is 6.45. The lowest BCUT2D eigenvalue weighted by molar-refractivity contribution is 0.424. The third-order valence-electron chi connectivity index (χ3n) is 2.46. The Morgan fingerprint density at radius 3 is 2.15 bits per heavy atom. The summed E-state index contributed by atoms with van der Waals surface area (Å²) in [6.07, 6.45) is 0.159. The maximum atomic E-state index is 12.6. The molecule has 0 N–H and O–H groups in total. The summed E-state index contributed by atoms with van der Waals surface area (Å²) in [6, 6.07) is 8.67. The first-order valence-electron chi connectivity index (χ1n) is 5.62. The van der Waals surface area contributed by atoms with Crippen LogP contribution in [0, 0.1) is 22.7 Å². The molecule has 0 aliphatic carbocycles. The Morgan fingerprint density at radius 2 is 1.65 bits per heavy atom. The normalized spacial score (nSPS) is 11.1. The lowest BCUT2D eigenvalue weighted by atomic mass is 10.4. The zero-order chi connectivity index (χ0) is 15.2. The molecule has 5 nitrogen and oxygen atoms in total. The van der Waals surface area contributed by atoms with Crippen LogP contribution in [0.5, 0.6) is 0 Å². The topological polar surface area (TPSA) is 85.0 Å². The maximum Gasteiger partial charge on any atom is 0.244 e. The van der Waals surface area contributed by atoms with Crippen LogP contribution < -0.4 is 0 Å². The first-order chi connectivity index (χ1) is 9.43. The van der Waals surface area contributed by atoms with Crippen LogP contribution in [0.15, 0.2) is 32.0 Å². The Labute approximate surface area is 135 Å². The molecule has 20 heavy (non-hydrogen) atoms. The van der Waals surface area contributed by atoms with Crippen LogP contribution in [0.3, 0.4) is 0 Å². The van der Waals surface area contributed by atoms with Crippen molar-refractivity contribution in [2.24, 2.45) is 0 Å². The molecule has 0 bridgehead atoms. The van der Waals surface area contributed by atoms with Gasteiger partial charge in [-0.15, -0.1) is 0 Å². The molecule has 0 radical (unpaired) electrons. The molecule has 0 amide bonds. The highest BCUT2D eigenvalue weighted by atomic mass is 79.9. The van der Waals surface area contributed by atoms with E-state index in [1.54, 1.807) is 12.1 Å². The van der Waals surface area contributed by atoms with Gasteiger partial charge in [-0.2, -0.15) is 14.8 Å². The van der Waals surface area contributed by atoms with Gasteiger partial charge < -0.3 is 0 Å². The van der Waals surface area contributed by atoms with Gasteiger partial charge in [0.1, 0.15) is 0 Å². The SMILES string of the molecule is N#CCCN(CCC#N)S(=O)(=O)c1cc(Br)ccc1Br. The molecule has 0 aromatic heterocycles. The monoisotopic (exact) mass is 419 g/mol. The van der Waals surface area contributed by atoms with Crippen molar-refractivity contribution in [2.75, 3.05) is 13.1 Å². The van der Waals surface area contributed by atoms with E-state index in [1.807, 2.05) is 12.1 Å². The highest BCUT2D eigenvalue weighted by Crippen LogP contribution is 2.28. The first-order valence-corrected chi connectivity index (χ1v) is 8.65. The van der Waals surface area contributed by atoms with Crippen LogP contribution >= 0.6 is 31.9 Å². The Morgan fingerprint density at radius 1 is 1.10 bits per heavy atom. The van der Waals surface area contributed by atoms with Gasteiger partial charge in [0.2, 0.25) is 10.0 Å². The maximum absolute atomic E-state index is 12.6. The van der Waals surface area contributed by atoms with Crippen LogP contribution in [-0.2, 0) is 10.0 Å². The summed E-state index contributed by atoms with van der Waals surface area (Å²) in [5, 5.41) is 17.2. The number of nitriles is 2. The molecule has 0 heterocycles. The largest absolute Gasteiger partial charge is 0.244 e. The number of hydrogen-bond acceptors (Lipinski definition) is 4. The van der Waals surface area contributed by atoms with Crippen molar-refractivity contribution in [1.82, 2.24) is 4.31 Å². The Kier molecular flexibility index (Phi) is 6.63. The van der Waals surface area contributed by atoms with Gasteiger partial charge in [-0.25, -0.2) is 8.42 Å². The molecule has 0 fully saturated rings. The third-order valence-corrected chi connectivity index (χ3v) is 5.84. The molecule has 0 saturated carbocycles. The molecule has 8 heteroatoms. The van der Waals surface area contributed by atoms with Crippen molar-refractivity contribution < 1.29 is 8.42 Å². The summed E-state index contributed by atoms with van der Waals surface area (Å²) in [6.45, 7) is 0.138. The average molecular weight is 421 g/mol. The summed E-state index contributed by atoms with van der Waals surface area (Å²) < 4.78 is 27.4. The third kappa shape index (κ3) is 4.29. The van der Waals surface area contributed by atoms with Crippen molar-refractivity contribution in [3.8, 4) is 12.1 Å². The fraction of sp³-hybridized carbons (Fsp3) is 0.333. The average Bonchev–Trinajstić information content (AvgIpc) is 2.41. The Bertz CT molecular complexity index is 644. The molecule has 0 atom stereocenters. The van der Waals surface area contributed by atoms with E-state index < -0.39 is 10.0 Å². The van der Waals surface area contributed by atoms with Crippen molar-refractivity contribution in [1.29, 1.82) is 10.5 Å². The number of hydrogen-bond donors (Lipinski definition) is 0. The molecule has 1 aromatic carbocycles. The van der Waals surface area contributed by atoms with Crippen LogP contribution in [-0.4, -0.2) is 25.8 Å². The summed E-state index contributed by atoms with van der Waals surface area (Å²) in [4.78, 5) is 0.114. The van der Waals surface area contributed by atoms with Crippen LogP contribution in [0.2, 0.25) is 0 Å². The predicted molar refractivity (Wildman–Crippen MR) is 81.1 cm³/mol. The number of benzene rings is 1. The van der Waals surface area contributed by atoms with Gasteiger partial charge in [-0.3, -0.25) is 0 Å². The second-order valence-electron chi connectivity index (χ2n) is 3.80. The molecular formula is C12H11Br2N3O2S. The van der Waals surface area contributed by atoms with Gasteiger partial charge in [0.05, 0.1) is 17.0 Å². The van der Waals surface area contributed by atoms with E-state index in [9.17, 15) is 8.42 Å². The molecule has 106 valence electrons. The molecule has 0 unspecified atom stereocenters. The Balaban J connectivity index is 3.18. The van der Waals surface area contributed by atoms with Gasteiger partial charge in [0, 0.05) is 34.9 Å². The van der Waals surface area contributed by atoms with Crippen molar-refractivity contribution >= 4 is 41.9 Å². The number of halogens is 2. The van der Waals surface area contributed by atoms with Crippen LogP contribution in [0.1, 0.15) is 12.8 Å². The van der Waals surface area contributed by atoms with Gasteiger partial charge >= 0.3 is 0 Å². The van der Waals surface area contributed by atoms with Crippen molar-refractivity contribution in [3.63, 3.8) is 0 Å². The Hall–Kier alpha value is -0.930. The number of rotatable bonds is 6. The fourth-order valence-electron chi connectivity index (χ4n) is 1.52. The number of nitrogens with zero attached hydrogens (tertiary/aromatic N) is 3. The van der Waals surface area contributed by atoms with Crippen LogP contribution in [0.25, 0.3) is 0 Å². The second kappa shape index (κ2) is 7.75. The smallest absolute Gasteiger partial charge is 0.207 e. The molecule has 1 aromatic rings. The van der Waals surface area contributed by atoms with Gasteiger partial charge in [-0.1, -0.05) is 15.9 Å². The lowest BCUT2D eigenvalue weighted by Gasteiger charge is -2.20. The van der Waals surface area contributed by atoms with Crippen molar-refractivity contribution in [3.05, 3.63) is 27.1 Å². The quantitative estimate of drug-likeness (QED) is 0.707. The van der Waals surface area contributed by atoms with E-state index >= 15 is 0 Å². The van der Waals surface area contributed by atoms with E-state index in [-0.39, 0.29) is 30.8 Å². The second-order valence-corrected chi connectivity index (χ2v) is 7.47. The predicted octanol–water partition coefficient (Wildman–Crippen LogP) is 3.03. The van der Waals surface area contributed by atoms with Crippen molar-refractivity contribution in [2.45, 2.75) is 17.7 Å². The minimum Gasteiger partial charge on any atom is -0.207 e. The minimum absolute atomic E-state index is 0.0689. The molecule has 0 aliphatic rings. The van der Waals surface area contributed by atoms with Gasteiger partial charge in [0.15, 0.2) is 0 Å². The van der Waals surface area contributed by atoms with Crippen LogP contribution in [0.4, 0.5) is 0 Å². The highest BCUT2D eigenvalue weighted by molar-refractivity contribution is 9.11. The van der Waals surface area contributed by atoms with E-state index in [0.29, 0.717) is 8.95 Å². The lowest BCUT2D eigenvalue weighted by Crippen LogP contribution is -2.33. The summed E-state index contributed by atoms with van der Waals surface area (Å²) in [5.41, 5.74) is 0. The van der Waals surface area contributed by atoms with Gasteiger partial charge in [-0.05, 0) is 34.1 Å². The highest BCUT2D eigenvalue weighted by Gasteiger charge is 2.26. The summed E-state index contributed by atoms with van der Waals surface area (Å²) in [5.74, 6) is 0. The van der Waals surface area contributed by atoms with E-state index in [0.717, 1.165) is 4.31 Å². The molecule has 0 aliphatic heterocycles. The molecule has 1 rings (SSSR count). The standard InChI is InChI=1S/C12H11Br2N3O2S/c13-10-3-4-11(14)12(9-10)20(18,19)17(7-1-5-15)8-2-6-16/h3-4,9H,1-2,7-8H2. The molecular weight excluding hydrogens is 410 g/mol. The number of sulfonamides is 1. The van der Waals surface area contributed by atoms with E-state index in [4.69, 9.17) is 10.5 Å². The summed E-state index contributed by atoms with van der Waals surface area (Å²) in [7, 11) is -3.74.